The van der Waals surface area contributed by atoms with Crippen LogP contribution >= 0.6 is 11.6 Å². The number of ether oxygens (including phenoxy) is 1. The summed E-state index contributed by atoms with van der Waals surface area (Å²) in [7, 11) is 0. The van der Waals surface area contributed by atoms with E-state index in [4.69, 9.17) is 22.1 Å². The van der Waals surface area contributed by atoms with E-state index in [1.165, 1.54) is 18.2 Å². The second-order valence-corrected chi connectivity index (χ2v) is 5.96. The number of hydrogen-bond donors (Lipinski definition) is 1. The minimum absolute atomic E-state index is 0.00270. The van der Waals surface area contributed by atoms with Crippen molar-refractivity contribution in [3.63, 3.8) is 0 Å². The van der Waals surface area contributed by atoms with Crippen LogP contribution in [0.2, 0.25) is 5.02 Å². The van der Waals surface area contributed by atoms with Gasteiger partial charge in [-0.25, -0.2) is 0 Å². The lowest BCUT2D eigenvalue weighted by Crippen LogP contribution is -2.40. The van der Waals surface area contributed by atoms with Crippen LogP contribution < -0.4 is 10.5 Å². The highest BCUT2D eigenvalue weighted by atomic mass is 35.5. The number of amides is 1. The lowest BCUT2D eigenvalue weighted by Gasteiger charge is -2.31. The molecule has 1 fully saturated rings. The van der Waals surface area contributed by atoms with Crippen molar-refractivity contribution in [2.24, 2.45) is 11.7 Å². The molecule has 7 nitrogen and oxygen atoms in total. The number of nitrogens with two attached hydrogens (primary N) is 1. The van der Waals surface area contributed by atoms with E-state index in [1.54, 1.807) is 4.90 Å². The van der Waals surface area contributed by atoms with E-state index >= 15 is 0 Å². The fourth-order valence-corrected chi connectivity index (χ4v) is 2.75. The summed E-state index contributed by atoms with van der Waals surface area (Å²) in [5.41, 5.74) is 5.43. The maximum Gasteiger partial charge on any atom is 0.312 e. The minimum atomic E-state index is -0.555. The van der Waals surface area contributed by atoms with Crippen molar-refractivity contribution in [3.05, 3.63) is 33.3 Å². The molecular weight excluding hydrogens is 322 g/mol. The Balaban J connectivity index is 1.83. The van der Waals surface area contributed by atoms with Crippen LogP contribution in [0, 0.1) is 16.0 Å². The SMILES string of the molecule is NCC1CCN(C(=O)CCOc2ccc(Cl)cc2[N+](=O)[O-])CC1. The molecule has 2 rings (SSSR count). The van der Waals surface area contributed by atoms with Gasteiger partial charge < -0.3 is 15.4 Å². The third-order valence-corrected chi connectivity index (χ3v) is 4.23. The number of halogens is 1. The van der Waals surface area contributed by atoms with Crippen LogP contribution in [0.1, 0.15) is 19.3 Å². The van der Waals surface area contributed by atoms with Gasteiger partial charge in [0.2, 0.25) is 5.91 Å². The first-order valence-corrected chi connectivity index (χ1v) is 7.93. The molecule has 23 heavy (non-hydrogen) atoms. The normalized spacial score (nSPS) is 15.5. The van der Waals surface area contributed by atoms with Crippen molar-refractivity contribution in [1.82, 2.24) is 4.90 Å². The number of rotatable bonds is 6. The molecule has 0 atom stereocenters. The van der Waals surface area contributed by atoms with E-state index in [2.05, 4.69) is 0 Å². The monoisotopic (exact) mass is 341 g/mol. The van der Waals surface area contributed by atoms with E-state index in [0.717, 1.165) is 12.8 Å². The molecule has 2 N–H and O–H groups in total. The van der Waals surface area contributed by atoms with Crippen molar-refractivity contribution in [1.29, 1.82) is 0 Å². The van der Waals surface area contributed by atoms with Gasteiger partial charge in [-0.15, -0.1) is 0 Å². The number of benzene rings is 1. The zero-order valence-electron chi connectivity index (χ0n) is 12.7. The van der Waals surface area contributed by atoms with Crippen LogP contribution in [0.25, 0.3) is 0 Å². The predicted octanol–water partition coefficient (Wildman–Crippen LogP) is 2.21. The van der Waals surface area contributed by atoms with Gasteiger partial charge in [0, 0.05) is 24.2 Å². The minimum Gasteiger partial charge on any atom is -0.486 e. The third-order valence-electron chi connectivity index (χ3n) is 3.99. The van der Waals surface area contributed by atoms with E-state index < -0.39 is 4.92 Å². The quantitative estimate of drug-likeness (QED) is 0.631. The molecule has 1 amide bonds. The number of piperidine rings is 1. The van der Waals surface area contributed by atoms with E-state index in [1.807, 2.05) is 0 Å². The fourth-order valence-electron chi connectivity index (χ4n) is 2.58. The maximum absolute atomic E-state index is 12.1. The van der Waals surface area contributed by atoms with Crippen LogP contribution in [-0.2, 0) is 4.79 Å². The average molecular weight is 342 g/mol. The molecule has 0 aliphatic carbocycles. The molecule has 1 saturated heterocycles. The van der Waals surface area contributed by atoms with Gasteiger partial charge in [-0.05, 0) is 37.4 Å². The van der Waals surface area contributed by atoms with Crippen LogP contribution in [-0.4, -0.2) is 42.0 Å². The summed E-state index contributed by atoms with van der Waals surface area (Å²) in [6.45, 7) is 2.17. The lowest BCUT2D eigenvalue weighted by molar-refractivity contribution is -0.385. The van der Waals surface area contributed by atoms with Crippen molar-refractivity contribution in [2.45, 2.75) is 19.3 Å². The van der Waals surface area contributed by atoms with Gasteiger partial charge in [-0.1, -0.05) is 11.6 Å². The first-order chi connectivity index (χ1) is 11.0. The maximum atomic E-state index is 12.1. The number of carbonyl (C=O) groups excluding carboxylic acids is 1. The smallest absolute Gasteiger partial charge is 0.312 e. The molecule has 8 heteroatoms. The highest BCUT2D eigenvalue weighted by Gasteiger charge is 2.22. The molecule has 0 radical (unpaired) electrons. The zero-order chi connectivity index (χ0) is 16.8. The molecular formula is C15H20ClN3O4. The lowest BCUT2D eigenvalue weighted by atomic mass is 9.97. The number of nitrogens with zero attached hydrogens (tertiary/aromatic N) is 2. The first kappa shape index (κ1) is 17.5. The largest absolute Gasteiger partial charge is 0.486 e. The zero-order valence-corrected chi connectivity index (χ0v) is 13.5. The molecule has 0 aromatic heterocycles. The fraction of sp³-hybridized carbons (Fsp3) is 0.533. The van der Waals surface area contributed by atoms with E-state index in [-0.39, 0.29) is 35.4 Å². The van der Waals surface area contributed by atoms with Gasteiger partial charge in [-0.2, -0.15) is 0 Å². The topological polar surface area (TPSA) is 98.7 Å². The third kappa shape index (κ3) is 4.80. The Morgan fingerprint density at radius 2 is 2.13 bits per heavy atom. The number of carbonyl (C=O) groups is 1. The molecule has 1 aromatic carbocycles. The standard InChI is InChI=1S/C15H20ClN3O4/c16-12-1-2-14(13(9-12)19(21)22)23-8-5-15(20)18-6-3-11(10-17)4-7-18/h1-2,9,11H,3-8,10,17H2. The Hall–Kier alpha value is -1.86. The Morgan fingerprint density at radius 3 is 2.74 bits per heavy atom. The Bertz CT molecular complexity index is 574. The molecule has 1 aromatic rings. The van der Waals surface area contributed by atoms with Gasteiger partial charge in [0.15, 0.2) is 5.75 Å². The van der Waals surface area contributed by atoms with Gasteiger partial charge >= 0.3 is 5.69 Å². The van der Waals surface area contributed by atoms with Crippen LogP contribution in [0.4, 0.5) is 5.69 Å². The molecule has 126 valence electrons. The van der Waals surface area contributed by atoms with Crippen LogP contribution in [0.3, 0.4) is 0 Å². The first-order valence-electron chi connectivity index (χ1n) is 7.56. The molecule has 0 unspecified atom stereocenters. The summed E-state index contributed by atoms with van der Waals surface area (Å²) < 4.78 is 5.39. The van der Waals surface area contributed by atoms with Gasteiger partial charge in [0.05, 0.1) is 18.0 Å². The summed E-state index contributed by atoms with van der Waals surface area (Å²) in [6.07, 6.45) is 2.03. The van der Waals surface area contributed by atoms with Crippen LogP contribution in [0.5, 0.6) is 5.75 Å². The van der Waals surface area contributed by atoms with Gasteiger partial charge in [-0.3, -0.25) is 14.9 Å². The summed E-state index contributed by atoms with van der Waals surface area (Å²) in [4.78, 5) is 24.3. The van der Waals surface area contributed by atoms with Crippen molar-refractivity contribution in [2.75, 3.05) is 26.2 Å². The van der Waals surface area contributed by atoms with Crippen LogP contribution in [0.15, 0.2) is 18.2 Å². The molecule has 0 bridgehead atoms. The number of likely N-dealkylation sites (tertiary alicyclic amines) is 1. The summed E-state index contributed by atoms with van der Waals surface area (Å²) in [6, 6.07) is 4.19. The molecule has 1 aliphatic heterocycles. The summed E-state index contributed by atoms with van der Waals surface area (Å²) in [5, 5.41) is 11.2. The average Bonchev–Trinajstić information content (AvgIpc) is 2.56. The molecule has 0 saturated carbocycles. The summed E-state index contributed by atoms with van der Waals surface area (Å²) in [5.74, 6) is 0.609. The van der Waals surface area contributed by atoms with Crippen molar-refractivity contribution in [3.8, 4) is 5.75 Å². The number of nitro benzene ring substituents is 1. The highest BCUT2D eigenvalue weighted by molar-refractivity contribution is 6.30. The molecule has 0 spiro atoms. The van der Waals surface area contributed by atoms with Gasteiger partial charge in [0.25, 0.3) is 0 Å². The Morgan fingerprint density at radius 1 is 1.43 bits per heavy atom. The van der Waals surface area contributed by atoms with E-state index in [9.17, 15) is 14.9 Å². The second-order valence-electron chi connectivity index (χ2n) is 5.53. The Labute approximate surface area is 139 Å². The Kier molecular flexibility index (Phi) is 6.18. The molecule has 1 heterocycles. The van der Waals surface area contributed by atoms with Crippen molar-refractivity contribution < 1.29 is 14.5 Å². The molecule has 1 aliphatic rings. The number of hydrogen-bond acceptors (Lipinski definition) is 5. The van der Waals surface area contributed by atoms with Gasteiger partial charge in [0.1, 0.15) is 0 Å². The second kappa shape index (κ2) is 8.12. The highest BCUT2D eigenvalue weighted by Crippen LogP contribution is 2.30. The predicted molar refractivity (Wildman–Crippen MR) is 86.6 cm³/mol. The summed E-state index contributed by atoms with van der Waals surface area (Å²) >= 11 is 5.74. The van der Waals surface area contributed by atoms with E-state index in [0.29, 0.717) is 25.6 Å². The number of nitro groups is 1. The van der Waals surface area contributed by atoms with Crippen molar-refractivity contribution >= 4 is 23.2 Å².